The van der Waals surface area contributed by atoms with Gasteiger partial charge in [0.1, 0.15) is 11.3 Å². The molecule has 0 amide bonds. The highest BCUT2D eigenvalue weighted by molar-refractivity contribution is 5.81. The maximum atomic E-state index is 12.6. The first-order valence-corrected chi connectivity index (χ1v) is 17.4. The van der Waals surface area contributed by atoms with Gasteiger partial charge in [-0.2, -0.15) is 0 Å². The molecule has 268 valence electrons. The topological polar surface area (TPSA) is 87.7 Å². The predicted molar refractivity (Wildman–Crippen MR) is 185 cm³/mol. The van der Waals surface area contributed by atoms with Crippen LogP contribution >= 0.6 is 0 Å². The van der Waals surface area contributed by atoms with Crippen molar-refractivity contribution < 1.29 is 31.9 Å². The molecule has 0 saturated carbocycles. The summed E-state index contributed by atoms with van der Waals surface area (Å²) in [7, 11) is 0. The molecule has 2 aromatic heterocycles. The summed E-state index contributed by atoms with van der Waals surface area (Å²) in [5.74, 6) is -0.192. The third kappa shape index (κ3) is 13.5. The zero-order valence-corrected chi connectivity index (χ0v) is 29.5. The van der Waals surface area contributed by atoms with E-state index >= 15 is 0 Å². The number of hydrogen-bond donors (Lipinski definition) is 0. The molecule has 0 fully saturated rings. The van der Waals surface area contributed by atoms with E-state index in [1.54, 1.807) is 16.8 Å². The average molecular weight is 678 g/mol. The van der Waals surface area contributed by atoms with Gasteiger partial charge in [0.2, 0.25) is 0 Å². The number of aryl methyl sites for hydroxylation is 1. The molecule has 48 heavy (non-hydrogen) atoms. The lowest BCUT2D eigenvalue weighted by Crippen LogP contribution is -2.33. The summed E-state index contributed by atoms with van der Waals surface area (Å²) >= 11 is 0. The molecule has 0 spiro atoms. The van der Waals surface area contributed by atoms with Gasteiger partial charge in [-0.3, -0.25) is 9.59 Å². The van der Waals surface area contributed by atoms with E-state index in [0.29, 0.717) is 30.0 Å². The van der Waals surface area contributed by atoms with Crippen molar-refractivity contribution in [2.24, 2.45) is 11.3 Å². The van der Waals surface area contributed by atoms with Crippen molar-refractivity contribution in [1.82, 2.24) is 4.57 Å². The van der Waals surface area contributed by atoms with Crippen LogP contribution < -0.4 is 15.9 Å². The summed E-state index contributed by atoms with van der Waals surface area (Å²) in [6, 6.07) is 7.82. The van der Waals surface area contributed by atoms with Crippen molar-refractivity contribution in [2.75, 3.05) is 6.61 Å². The number of nitrogens with zero attached hydrogens (tertiary/aromatic N) is 1. The predicted octanol–water partition coefficient (Wildman–Crippen LogP) is 10.5. The Morgan fingerprint density at radius 2 is 1.44 bits per heavy atom. The minimum atomic E-state index is -4.81. The van der Waals surface area contributed by atoms with Gasteiger partial charge in [0.05, 0.1) is 17.6 Å². The van der Waals surface area contributed by atoms with E-state index in [2.05, 4.69) is 32.4 Å². The van der Waals surface area contributed by atoms with Gasteiger partial charge in [0.25, 0.3) is 5.56 Å². The molecule has 0 aliphatic carbocycles. The Bertz CT molecular complexity index is 1510. The zero-order chi connectivity index (χ0) is 35.7. The highest BCUT2D eigenvalue weighted by Crippen LogP contribution is 2.31. The van der Waals surface area contributed by atoms with Crippen molar-refractivity contribution in [3.8, 4) is 16.9 Å². The summed E-state index contributed by atoms with van der Waals surface area (Å²) in [6.45, 7) is 13.4. The number of rotatable bonds is 18. The van der Waals surface area contributed by atoms with Gasteiger partial charge in [0.15, 0.2) is 0 Å². The lowest BCUT2D eigenvalue weighted by Gasteiger charge is -2.29. The molecular formula is C38H54F3NO6. The first kappa shape index (κ1) is 40.6. The first-order chi connectivity index (χ1) is 22.7. The third-order valence-corrected chi connectivity index (χ3v) is 8.49. The SMILES string of the molecule is CCC.CCCC(C)C(C)(C)C(=O)OCCCCCCCCCCCn1cc2cc(-c3ccc(OC(F)(F)F)cc3)c(=O)oc2cc1=O. The molecule has 7 nitrogen and oxygen atoms in total. The molecule has 2 heterocycles. The molecule has 0 bridgehead atoms. The van der Waals surface area contributed by atoms with Crippen LogP contribution in [0.1, 0.15) is 119 Å². The Balaban J connectivity index is 0.00000257. The van der Waals surface area contributed by atoms with Gasteiger partial charge in [-0.15, -0.1) is 13.2 Å². The van der Waals surface area contributed by atoms with Gasteiger partial charge in [0, 0.05) is 24.2 Å². The van der Waals surface area contributed by atoms with E-state index in [0.717, 1.165) is 82.8 Å². The minimum absolute atomic E-state index is 0.0992. The highest BCUT2D eigenvalue weighted by atomic mass is 19.4. The fourth-order valence-electron chi connectivity index (χ4n) is 5.32. The van der Waals surface area contributed by atoms with Crippen LogP contribution in [-0.2, 0) is 16.1 Å². The number of halogens is 3. The summed E-state index contributed by atoms with van der Waals surface area (Å²) in [4.78, 5) is 37.5. The summed E-state index contributed by atoms with van der Waals surface area (Å²) in [6.07, 6.45) is 9.49. The summed E-state index contributed by atoms with van der Waals surface area (Å²) in [5, 5.41) is 0.546. The van der Waals surface area contributed by atoms with Crippen LogP contribution in [-0.4, -0.2) is 23.5 Å². The van der Waals surface area contributed by atoms with E-state index in [1.165, 1.54) is 24.6 Å². The second-order valence-corrected chi connectivity index (χ2v) is 13.1. The van der Waals surface area contributed by atoms with Crippen LogP contribution in [0.2, 0.25) is 0 Å². The maximum absolute atomic E-state index is 12.6. The Morgan fingerprint density at radius 3 is 2.00 bits per heavy atom. The van der Waals surface area contributed by atoms with Gasteiger partial charge in [-0.25, -0.2) is 4.79 Å². The quantitative estimate of drug-likeness (QED) is 0.0984. The Kier molecular flexibility index (Phi) is 17.0. The van der Waals surface area contributed by atoms with Gasteiger partial charge < -0.3 is 18.5 Å². The molecule has 0 aliphatic rings. The number of carbonyl (C=O) groups excluding carboxylic acids is 1. The van der Waals surface area contributed by atoms with Gasteiger partial charge in [-0.1, -0.05) is 97.6 Å². The zero-order valence-electron chi connectivity index (χ0n) is 29.5. The summed E-state index contributed by atoms with van der Waals surface area (Å²) < 4.78 is 53.7. The number of benzene rings is 1. The number of pyridine rings is 1. The highest BCUT2D eigenvalue weighted by Gasteiger charge is 2.34. The molecule has 0 radical (unpaired) electrons. The van der Waals surface area contributed by atoms with Crippen molar-refractivity contribution in [2.45, 2.75) is 131 Å². The number of aromatic nitrogens is 1. The Hall–Kier alpha value is -3.56. The molecule has 1 atom stereocenters. The molecule has 0 aliphatic heterocycles. The standard InChI is InChI=1S/C35H46F3NO6.C3H8/c1-5-15-25(2)34(3,4)33(42)43-21-14-12-10-8-6-7-9-11-13-20-39-24-27-22-29(32(41)44-30(27)23-31(39)40)26-16-18-28(19-17-26)45-35(36,37)38;1-3-2/h16-19,22-25H,5-15,20-21H2,1-4H3;3H2,1-2H3. The van der Waals surface area contributed by atoms with E-state index in [1.807, 2.05) is 13.8 Å². The van der Waals surface area contributed by atoms with Crippen LogP contribution in [0.5, 0.6) is 5.75 Å². The first-order valence-electron chi connectivity index (χ1n) is 17.4. The van der Waals surface area contributed by atoms with Crippen molar-refractivity contribution in [3.05, 3.63) is 63.4 Å². The van der Waals surface area contributed by atoms with E-state index < -0.39 is 23.2 Å². The molecule has 0 saturated heterocycles. The van der Waals surface area contributed by atoms with Crippen LogP contribution in [0.4, 0.5) is 13.2 Å². The van der Waals surface area contributed by atoms with E-state index in [-0.39, 0.29) is 22.7 Å². The van der Waals surface area contributed by atoms with Crippen molar-refractivity contribution in [3.63, 3.8) is 0 Å². The van der Waals surface area contributed by atoms with Crippen LogP contribution in [0.15, 0.2) is 56.6 Å². The number of alkyl halides is 3. The van der Waals surface area contributed by atoms with Crippen LogP contribution in [0.25, 0.3) is 22.1 Å². The molecule has 1 aromatic carbocycles. The van der Waals surface area contributed by atoms with Crippen LogP contribution in [0, 0.1) is 11.3 Å². The molecule has 3 rings (SSSR count). The van der Waals surface area contributed by atoms with Crippen LogP contribution in [0.3, 0.4) is 0 Å². The number of ether oxygens (including phenoxy) is 2. The minimum Gasteiger partial charge on any atom is -0.465 e. The van der Waals surface area contributed by atoms with E-state index in [9.17, 15) is 27.6 Å². The Labute approximate surface area is 282 Å². The fraction of sp³-hybridized carbons (Fsp3) is 0.605. The average Bonchev–Trinajstić information content (AvgIpc) is 3.01. The number of hydrogen-bond acceptors (Lipinski definition) is 6. The second-order valence-electron chi connectivity index (χ2n) is 13.1. The molecule has 3 aromatic rings. The normalized spacial score (nSPS) is 12.4. The van der Waals surface area contributed by atoms with Gasteiger partial charge >= 0.3 is 18.0 Å². The summed E-state index contributed by atoms with van der Waals surface area (Å²) in [5.41, 5.74) is -0.701. The van der Waals surface area contributed by atoms with Gasteiger partial charge in [-0.05, 0) is 62.8 Å². The van der Waals surface area contributed by atoms with Crippen molar-refractivity contribution in [1.29, 1.82) is 0 Å². The second kappa shape index (κ2) is 20.1. The Morgan fingerprint density at radius 1 is 0.875 bits per heavy atom. The number of carbonyl (C=O) groups is 1. The molecule has 1 unspecified atom stereocenters. The fourth-order valence-corrected chi connectivity index (χ4v) is 5.32. The van der Waals surface area contributed by atoms with E-state index in [4.69, 9.17) is 9.15 Å². The largest absolute Gasteiger partial charge is 0.573 e. The monoisotopic (exact) mass is 677 g/mol. The lowest BCUT2D eigenvalue weighted by atomic mass is 9.78. The maximum Gasteiger partial charge on any atom is 0.573 e. The number of fused-ring (bicyclic) bond motifs is 1. The number of unbranched alkanes of at least 4 members (excludes halogenated alkanes) is 8. The molecular weight excluding hydrogens is 623 g/mol. The smallest absolute Gasteiger partial charge is 0.465 e. The molecule has 10 heteroatoms. The van der Waals surface area contributed by atoms with Crippen molar-refractivity contribution >= 4 is 16.9 Å². The lowest BCUT2D eigenvalue weighted by molar-refractivity contribution is -0.274. The number of esters is 1. The third-order valence-electron chi connectivity index (χ3n) is 8.49. The molecule has 0 N–H and O–H groups in total.